The number of anilines is 1. The lowest BCUT2D eigenvalue weighted by molar-refractivity contribution is 0.197. The van der Waals surface area contributed by atoms with Crippen LogP contribution in [0.1, 0.15) is 25.5 Å². The molecule has 3 heterocycles. The Morgan fingerprint density at radius 3 is 2.74 bits per heavy atom. The minimum atomic E-state index is -1.11. The van der Waals surface area contributed by atoms with Crippen molar-refractivity contribution < 1.29 is 19.0 Å². The maximum atomic E-state index is 15.6. The van der Waals surface area contributed by atoms with Crippen LogP contribution in [0, 0.1) is 12.7 Å². The van der Waals surface area contributed by atoms with Gasteiger partial charge in [-0.3, -0.25) is 9.13 Å². The van der Waals surface area contributed by atoms with Gasteiger partial charge >= 0.3 is 6.09 Å². The zero-order valence-electron chi connectivity index (χ0n) is 17.4. The second-order valence-electron chi connectivity index (χ2n) is 8.03. The molecule has 0 bridgehead atoms. The van der Waals surface area contributed by atoms with Gasteiger partial charge in [0.05, 0.1) is 29.4 Å². The number of hydrogen-bond acceptors (Lipinski definition) is 5. The molecule has 1 aliphatic rings. The molecule has 2 aromatic heterocycles. The van der Waals surface area contributed by atoms with Crippen molar-refractivity contribution in [3.8, 4) is 22.6 Å². The fraction of sp³-hybridized carbons (Fsp3) is 0.227. The summed E-state index contributed by atoms with van der Waals surface area (Å²) in [7, 11) is 1.49. The van der Waals surface area contributed by atoms with Crippen LogP contribution in [0.5, 0.6) is 5.75 Å². The fourth-order valence-electron chi connectivity index (χ4n) is 4.36. The van der Waals surface area contributed by atoms with Crippen molar-refractivity contribution in [2.75, 3.05) is 12.4 Å². The number of methoxy groups -OCH3 is 1. The van der Waals surface area contributed by atoms with E-state index in [1.54, 1.807) is 24.3 Å². The molecule has 31 heavy (non-hydrogen) atoms. The molecule has 9 heteroatoms. The molecule has 0 radical (unpaired) electrons. The van der Waals surface area contributed by atoms with Crippen LogP contribution in [0.25, 0.3) is 27.7 Å². The van der Waals surface area contributed by atoms with Gasteiger partial charge in [-0.2, -0.15) is 0 Å². The van der Waals surface area contributed by atoms with Gasteiger partial charge in [0.25, 0.3) is 0 Å². The number of ether oxygens (including phenoxy) is 1. The summed E-state index contributed by atoms with van der Waals surface area (Å²) in [6.45, 7) is 5.73. The first kappa shape index (κ1) is 19.1. The summed E-state index contributed by atoms with van der Waals surface area (Å²) in [5.41, 5.74) is 1.86. The highest BCUT2D eigenvalue weighted by Gasteiger charge is 2.37. The lowest BCUT2D eigenvalue weighted by Crippen LogP contribution is -2.36. The second kappa shape index (κ2) is 6.31. The molecule has 0 unspecified atom stereocenters. The predicted molar refractivity (Wildman–Crippen MR) is 114 cm³/mol. The third kappa shape index (κ3) is 2.56. The number of fused-ring (bicyclic) bond motifs is 4. The van der Waals surface area contributed by atoms with Crippen LogP contribution >= 0.6 is 0 Å². The van der Waals surface area contributed by atoms with E-state index in [9.17, 15) is 9.90 Å². The molecular weight excluding hydrogens is 401 g/mol. The zero-order chi connectivity index (χ0) is 22.1. The minimum absolute atomic E-state index is 0.246. The zero-order valence-corrected chi connectivity index (χ0v) is 17.4. The molecule has 2 aromatic carbocycles. The van der Waals surface area contributed by atoms with Gasteiger partial charge in [0.15, 0.2) is 11.6 Å². The van der Waals surface area contributed by atoms with Crippen LogP contribution in [0.15, 0.2) is 36.5 Å². The van der Waals surface area contributed by atoms with Gasteiger partial charge in [-0.15, -0.1) is 10.2 Å². The first-order valence-electron chi connectivity index (χ1n) is 9.70. The van der Waals surface area contributed by atoms with Gasteiger partial charge in [-0.05, 0) is 38.5 Å². The molecule has 0 saturated heterocycles. The van der Waals surface area contributed by atoms with Crippen molar-refractivity contribution in [2.24, 2.45) is 0 Å². The average Bonchev–Trinajstić information content (AvgIpc) is 3.31. The molecule has 0 saturated carbocycles. The summed E-state index contributed by atoms with van der Waals surface area (Å²) in [6.07, 6.45) is 0.340. The third-order valence-electron chi connectivity index (χ3n) is 5.67. The summed E-state index contributed by atoms with van der Waals surface area (Å²) < 4.78 is 24.3. The highest BCUT2D eigenvalue weighted by molar-refractivity contribution is 6.01. The Kier molecular flexibility index (Phi) is 3.89. The number of halogens is 1. The van der Waals surface area contributed by atoms with Crippen LogP contribution < -0.4 is 10.1 Å². The Bertz CT molecular complexity index is 1390. The first-order valence-corrected chi connectivity index (χ1v) is 9.70. The van der Waals surface area contributed by atoms with E-state index in [0.29, 0.717) is 45.2 Å². The van der Waals surface area contributed by atoms with Crippen LogP contribution in [0.2, 0.25) is 0 Å². The molecule has 5 rings (SSSR count). The van der Waals surface area contributed by atoms with E-state index in [2.05, 4.69) is 15.5 Å². The van der Waals surface area contributed by atoms with Gasteiger partial charge in [0, 0.05) is 17.6 Å². The van der Waals surface area contributed by atoms with Crippen molar-refractivity contribution in [1.29, 1.82) is 0 Å². The molecule has 1 aliphatic heterocycles. The molecule has 0 spiro atoms. The normalized spacial score (nSPS) is 14.1. The lowest BCUT2D eigenvalue weighted by Gasteiger charge is -2.35. The van der Waals surface area contributed by atoms with Gasteiger partial charge in [0.1, 0.15) is 17.3 Å². The maximum absolute atomic E-state index is 15.6. The van der Waals surface area contributed by atoms with Crippen LogP contribution in [-0.4, -0.2) is 37.6 Å². The van der Waals surface area contributed by atoms with Crippen LogP contribution in [-0.2, 0) is 5.54 Å². The van der Waals surface area contributed by atoms with E-state index < -0.39 is 17.4 Å². The van der Waals surface area contributed by atoms with Crippen molar-refractivity contribution in [3.05, 3.63) is 54.0 Å². The molecule has 4 aromatic rings. The van der Waals surface area contributed by atoms with Gasteiger partial charge in [-0.1, -0.05) is 12.1 Å². The molecule has 0 amide bonds. The summed E-state index contributed by atoms with van der Waals surface area (Å²) >= 11 is 0. The van der Waals surface area contributed by atoms with E-state index in [-0.39, 0.29) is 5.56 Å². The minimum Gasteiger partial charge on any atom is -0.494 e. The number of carboxylic acid groups (broad SMARTS) is 1. The van der Waals surface area contributed by atoms with Crippen molar-refractivity contribution >= 4 is 22.7 Å². The summed E-state index contributed by atoms with van der Waals surface area (Å²) in [5.74, 6) is 1.17. The van der Waals surface area contributed by atoms with E-state index >= 15 is 4.39 Å². The molecule has 0 aliphatic carbocycles. The number of aryl methyl sites for hydroxylation is 1. The Labute approximate surface area is 176 Å². The molecule has 0 fully saturated rings. The number of carbonyl (C=O) groups is 1. The van der Waals surface area contributed by atoms with Crippen LogP contribution in [0.4, 0.5) is 14.9 Å². The highest BCUT2D eigenvalue weighted by Crippen LogP contribution is 2.48. The number of benzene rings is 2. The standard InChI is InChI=1S/C22H20FN5O3/c1-11-25-26-20-22(2,3)24-15-10-14(23)17(19(31-4)18(15)28(11)20)13-6-5-7-16-12(13)8-9-27(16)21(29)30/h5-10,24H,1-4H3,(H,29,30). The second-order valence-corrected chi connectivity index (χ2v) is 8.03. The third-order valence-corrected chi connectivity index (χ3v) is 5.67. The lowest BCUT2D eigenvalue weighted by atomic mass is 9.95. The molecule has 158 valence electrons. The average molecular weight is 421 g/mol. The number of nitrogens with one attached hydrogen (secondary N) is 1. The van der Waals surface area contributed by atoms with Crippen molar-refractivity contribution in [1.82, 2.24) is 19.3 Å². The first-order chi connectivity index (χ1) is 14.7. The van der Waals surface area contributed by atoms with Gasteiger partial charge in [0.2, 0.25) is 0 Å². The van der Waals surface area contributed by atoms with Crippen molar-refractivity contribution in [3.63, 3.8) is 0 Å². The Morgan fingerprint density at radius 1 is 1.26 bits per heavy atom. The van der Waals surface area contributed by atoms with E-state index in [0.717, 1.165) is 4.57 Å². The molecule has 8 nitrogen and oxygen atoms in total. The van der Waals surface area contributed by atoms with Crippen molar-refractivity contribution in [2.45, 2.75) is 26.3 Å². The van der Waals surface area contributed by atoms with Gasteiger partial charge in [-0.25, -0.2) is 9.18 Å². The topological polar surface area (TPSA) is 94.2 Å². The smallest absolute Gasteiger partial charge is 0.415 e. The number of aromatic nitrogens is 4. The fourth-order valence-corrected chi connectivity index (χ4v) is 4.36. The number of rotatable bonds is 2. The van der Waals surface area contributed by atoms with E-state index in [4.69, 9.17) is 4.74 Å². The quantitative estimate of drug-likeness (QED) is 0.494. The van der Waals surface area contributed by atoms with Gasteiger partial charge < -0.3 is 15.2 Å². The summed E-state index contributed by atoms with van der Waals surface area (Å²) in [5, 5.41) is 21.9. The largest absolute Gasteiger partial charge is 0.494 e. The summed E-state index contributed by atoms with van der Waals surface area (Å²) in [6, 6.07) is 8.23. The SMILES string of the molecule is COc1c(-c2cccc3c2ccn3C(=O)O)c(F)cc2c1-n1c(C)nnc1C(C)(C)N2. The molecule has 0 atom stereocenters. The Hall–Kier alpha value is -3.88. The number of nitrogens with zero attached hydrogens (tertiary/aromatic N) is 4. The monoisotopic (exact) mass is 421 g/mol. The van der Waals surface area contributed by atoms with E-state index in [1.807, 2.05) is 25.3 Å². The Morgan fingerprint density at radius 2 is 2.03 bits per heavy atom. The van der Waals surface area contributed by atoms with E-state index in [1.165, 1.54) is 19.4 Å². The predicted octanol–water partition coefficient (Wildman–Crippen LogP) is 4.53. The summed E-state index contributed by atoms with van der Waals surface area (Å²) in [4.78, 5) is 11.6. The van der Waals surface area contributed by atoms with Crippen LogP contribution in [0.3, 0.4) is 0 Å². The molecular formula is C22H20FN5O3. The maximum Gasteiger partial charge on any atom is 0.415 e. The highest BCUT2D eigenvalue weighted by atomic mass is 19.1. The molecule has 2 N–H and O–H groups in total. The number of hydrogen-bond donors (Lipinski definition) is 2. The Balaban J connectivity index is 1.86.